The Morgan fingerprint density at radius 3 is 1.56 bits per heavy atom. The first-order valence-corrected chi connectivity index (χ1v) is 15.9. The smallest absolute Gasteiger partial charge is 0.217 e. The summed E-state index contributed by atoms with van der Waals surface area (Å²) < 4.78 is 39.2. The number of amides is 2. The Hall–Kier alpha value is -1.78. The molecule has 0 aromatic heterocycles. The minimum atomic E-state index is -1.95. The molecule has 0 aromatic carbocycles. The predicted molar refractivity (Wildman–Crippen MR) is 156 cm³/mol. The quantitative estimate of drug-likeness (QED) is 0.0938. The molecule has 4 aliphatic heterocycles. The van der Waals surface area contributed by atoms with Crippen LogP contribution in [-0.2, 0) is 42.7 Å². The second-order valence-electron chi connectivity index (χ2n) is 12.6. The predicted octanol–water partition coefficient (Wildman–Crippen LogP) is -8.43. The monoisotopic (exact) mass is 732 g/mol. The van der Waals surface area contributed by atoms with E-state index in [9.17, 15) is 65.8 Å². The van der Waals surface area contributed by atoms with E-state index in [4.69, 9.17) is 33.2 Å². The molecule has 4 heterocycles. The maximum Gasteiger partial charge on any atom is 0.217 e. The van der Waals surface area contributed by atoms with Gasteiger partial charge in [0, 0.05) is 13.8 Å². The third kappa shape index (κ3) is 8.70. The number of hydrogen-bond donors (Lipinski definition) is 13. The summed E-state index contributed by atoms with van der Waals surface area (Å²) in [5.74, 6) is -1.32. The lowest BCUT2D eigenvalue weighted by Gasteiger charge is -2.49. The molecule has 0 unspecified atom stereocenters. The lowest BCUT2D eigenvalue weighted by atomic mass is 9.94. The summed E-state index contributed by atoms with van der Waals surface area (Å²) in [6.07, 6.45) is -29.9. The van der Waals surface area contributed by atoms with Gasteiger partial charge in [0.25, 0.3) is 0 Å². The molecule has 0 bridgehead atoms. The van der Waals surface area contributed by atoms with E-state index in [0.29, 0.717) is 0 Å². The summed E-state index contributed by atoms with van der Waals surface area (Å²) in [5, 5.41) is 120. The highest BCUT2D eigenvalue weighted by Crippen LogP contribution is 2.34. The van der Waals surface area contributed by atoms with Crippen LogP contribution in [0.2, 0.25) is 0 Å². The van der Waals surface area contributed by atoms with Gasteiger partial charge in [0.05, 0.1) is 25.9 Å². The Morgan fingerprint density at radius 2 is 0.980 bits per heavy atom. The van der Waals surface area contributed by atoms with Crippen LogP contribution >= 0.6 is 0 Å². The molecule has 2 amide bonds. The highest BCUT2D eigenvalue weighted by atomic mass is 16.8. The number of rotatable bonds is 11. The van der Waals surface area contributed by atoms with Crippen LogP contribution in [-0.4, -0.2) is 211 Å². The lowest BCUT2D eigenvalue weighted by Crippen LogP contribution is -2.69. The van der Waals surface area contributed by atoms with E-state index in [-0.39, 0.29) is 0 Å². The SMILES string of the molecule is CC(=O)N[C@@H]1[C@@H](O[C@@H]2O[C@@H](C)[C@H](O[C@H]3O[C@H](CO)[C@H](O)[C@H](O[C@@H]4O[C@H](CO)[C@H](O)[C@H](O)[C@H]4NC(C)=O)[C@H]3O)[C@@H](O)[C@H]2O)[C@H](O)[C@@H](CO)O[C@H]1O. The Balaban J connectivity index is 1.50. The summed E-state index contributed by atoms with van der Waals surface area (Å²) in [7, 11) is 0. The number of carbonyl (C=O) groups is 2. The summed E-state index contributed by atoms with van der Waals surface area (Å²) in [4.78, 5) is 23.6. The zero-order chi connectivity index (χ0) is 37.2. The molecule has 0 radical (unpaired) electrons. The van der Waals surface area contributed by atoms with Gasteiger partial charge < -0.3 is 100.0 Å². The van der Waals surface area contributed by atoms with Gasteiger partial charge in [0.1, 0.15) is 91.4 Å². The molecule has 20 atom stereocenters. The van der Waals surface area contributed by atoms with Crippen molar-refractivity contribution in [3.05, 3.63) is 0 Å². The molecule has 290 valence electrons. The van der Waals surface area contributed by atoms with Gasteiger partial charge in [-0.2, -0.15) is 0 Å². The zero-order valence-electron chi connectivity index (χ0n) is 27.3. The van der Waals surface area contributed by atoms with E-state index < -0.39 is 154 Å². The minimum Gasteiger partial charge on any atom is -0.394 e. The van der Waals surface area contributed by atoms with Crippen LogP contribution in [0.4, 0.5) is 0 Å². The van der Waals surface area contributed by atoms with Gasteiger partial charge in [-0.15, -0.1) is 0 Å². The van der Waals surface area contributed by atoms with Crippen molar-refractivity contribution >= 4 is 11.8 Å². The molecule has 4 fully saturated rings. The average Bonchev–Trinajstić information content (AvgIpc) is 3.06. The Labute approximate surface area is 285 Å². The van der Waals surface area contributed by atoms with Crippen molar-refractivity contribution in [3.8, 4) is 0 Å². The summed E-state index contributed by atoms with van der Waals surface area (Å²) in [5.41, 5.74) is 0. The van der Waals surface area contributed by atoms with Crippen molar-refractivity contribution in [2.24, 2.45) is 0 Å². The van der Waals surface area contributed by atoms with Crippen LogP contribution in [0.25, 0.3) is 0 Å². The summed E-state index contributed by atoms with van der Waals surface area (Å²) in [6.45, 7) is 1.19. The van der Waals surface area contributed by atoms with Crippen molar-refractivity contribution in [1.29, 1.82) is 0 Å². The number of ether oxygens (including phenoxy) is 7. The fourth-order valence-electron chi connectivity index (χ4n) is 6.32. The number of aliphatic hydroxyl groups is 11. The fraction of sp³-hybridized carbons (Fsp3) is 0.929. The van der Waals surface area contributed by atoms with Gasteiger partial charge in [-0.05, 0) is 6.92 Å². The van der Waals surface area contributed by atoms with Gasteiger partial charge in [-0.1, -0.05) is 0 Å². The molecule has 0 spiro atoms. The van der Waals surface area contributed by atoms with E-state index in [0.717, 1.165) is 13.8 Å². The second kappa shape index (κ2) is 17.4. The first-order chi connectivity index (χ1) is 23.5. The summed E-state index contributed by atoms with van der Waals surface area (Å²) in [6, 6.07) is -2.86. The van der Waals surface area contributed by atoms with Gasteiger partial charge >= 0.3 is 0 Å². The van der Waals surface area contributed by atoms with Crippen LogP contribution < -0.4 is 10.6 Å². The highest BCUT2D eigenvalue weighted by Gasteiger charge is 2.55. The van der Waals surface area contributed by atoms with Gasteiger partial charge in [0.2, 0.25) is 11.8 Å². The van der Waals surface area contributed by atoms with E-state index in [1.165, 1.54) is 6.92 Å². The summed E-state index contributed by atoms with van der Waals surface area (Å²) >= 11 is 0. The van der Waals surface area contributed by atoms with Crippen LogP contribution in [0.3, 0.4) is 0 Å². The standard InChI is InChI=1S/C28H48N2O20/c1-7-22(19(40)20(41)27(44-7)49-23-14(30-9(3)35)25(43)45-11(5-32)16(23)37)48-28-21(42)24(17(38)12(6-33)47-28)50-26-13(29-8(2)34)18(39)15(36)10(4-31)46-26/h7,10-28,31-33,36-43H,4-6H2,1-3H3,(H,29,34)(H,30,35)/t7-,10+,11+,12+,13+,14+,15-,16+,17-,18+,19-,20+,21+,22-,23+,24-,25+,26-,27-,28+/m0/s1. The molecule has 13 N–H and O–H groups in total. The average molecular weight is 733 g/mol. The van der Waals surface area contributed by atoms with Gasteiger partial charge in [0.15, 0.2) is 25.2 Å². The van der Waals surface area contributed by atoms with Gasteiger partial charge in [-0.25, -0.2) is 0 Å². The minimum absolute atomic E-state index is 0.643. The van der Waals surface area contributed by atoms with Crippen molar-refractivity contribution in [3.63, 3.8) is 0 Å². The first kappa shape index (κ1) is 41.0. The molecular weight excluding hydrogens is 684 g/mol. The maximum atomic E-state index is 11.8. The van der Waals surface area contributed by atoms with Crippen molar-refractivity contribution in [2.75, 3.05) is 19.8 Å². The Bertz CT molecular complexity index is 1130. The van der Waals surface area contributed by atoms with Crippen LogP contribution in [0, 0.1) is 0 Å². The molecule has 4 saturated heterocycles. The van der Waals surface area contributed by atoms with Crippen LogP contribution in [0.5, 0.6) is 0 Å². The van der Waals surface area contributed by atoms with E-state index in [1.807, 2.05) is 0 Å². The number of hydrogen-bond acceptors (Lipinski definition) is 20. The number of carbonyl (C=O) groups excluding carboxylic acids is 2. The number of nitrogens with one attached hydrogen (secondary N) is 2. The first-order valence-electron chi connectivity index (χ1n) is 15.9. The highest BCUT2D eigenvalue weighted by molar-refractivity contribution is 5.73. The third-order valence-electron chi connectivity index (χ3n) is 8.97. The van der Waals surface area contributed by atoms with E-state index >= 15 is 0 Å². The van der Waals surface area contributed by atoms with E-state index in [2.05, 4.69) is 10.6 Å². The molecule has 0 saturated carbocycles. The third-order valence-corrected chi connectivity index (χ3v) is 8.97. The molecule has 4 rings (SSSR count). The van der Waals surface area contributed by atoms with Crippen molar-refractivity contribution in [2.45, 2.75) is 143 Å². The second-order valence-corrected chi connectivity index (χ2v) is 12.6. The topological polar surface area (TPSA) is 345 Å². The zero-order valence-corrected chi connectivity index (χ0v) is 27.3. The Morgan fingerprint density at radius 1 is 0.520 bits per heavy atom. The molecule has 50 heavy (non-hydrogen) atoms. The lowest BCUT2D eigenvalue weighted by molar-refractivity contribution is -0.379. The molecule has 22 heteroatoms. The number of aliphatic hydroxyl groups excluding tert-OH is 11. The normalized spacial score (nSPS) is 48.5. The molecule has 0 aromatic rings. The van der Waals surface area contributed by atoms with Crippen molar-refractivity contribution < 1.29 is 98.9 Å². The van der Waals surface area contributed by atoms with Crippen LogP contribution in [0.1, 0.15) is 20.8 Å². The fourth-order valence-corrected chi connectivity index (χ4v) is 6.32. The maximum absolute atomic E-state index is 11.8. The van der Waals surface area contributed by atoms with Crippen LogP contribution in [0.15, 0.2) is 0 Å². The Kier molecular flexibility index (Phi) is 14.2. The largest absolute Gasteiger partial charge is 0.394 e. The molecule has 4 aliphatic rings. The van der Waals surface area contributed by atoms with E-state index in [1.54, 1.807) is 0 Å². The molecular formula is C28H48N2O20. The van der Waals surface area contributed by atoms with Gasteiger partial charge in [-0.3, -0.25) is 9.59 Å². The molecule has 22 nitrogen and oxygen atoms in total. The molecule has 0 aliphatic carbocycles. The van der Waals surface area contributed by atoms with Crippen molar-refractivity contribution in [1.82, 2.24) is 10.6 Å².